The molecule has 0 aliphatic heterocycles. The number of anilines is 1. The SMILES string of the molecule is CC(CC(=O)Nc1c(-c2ccc(C(F)(F)F)cc2)nc2ccccn12)CC(C)(C)C. The van der Waals surface area contributed by atoms with Gasteiger partial charge in [-0.2, -0.15) is 13.2 Å². The number of fused-ring (bicyclic) bond motifs is 1. The monoisotopic (exact) mass is 417 g/mol. The third kappa shape index (κ3) is 5.20. The summed E-state index contributed by atoms with van der Waals surface area (Å²) in [5.74, 6) is 0.502. The highest BCUT2D eigenvalue weighted by Crippen LogP contribution is 2.34. The summed E-state index contributed by atoms with van der Waals surface area (Å²) in [6.45, 7) is 8.44. The Morgan fingerprint density at radius 3 is 2.37 bits per heavy atom. The van der Waals surface area contributed by atoms with Gasteiger partial charge in [0, 0.05) is 18.2 Å². The molecule has 0 radical (unpaired) electrons. The maximum absolute atomic E-state index is 12.9. The second-order valence-electron chi connectivity index (χ2n) is 8.94. The van der Waals surface area contributed by atoms with Crippen LogP contribution in [-0.2, 0) is 11.0 Å². The number of carbonyl (C=O) groups excluding carboxylic acids is 1. The van der Waals surface area contributed by atoms with Gasteiger partial charge in [-0.1, -0.05) is 45.9 Å². The molecule has 0 saturated carbocycles. The number of nitrogens with one attached hydrogen (secondary N) is 1. The zero-order chi connectivity index (χ0) is 22.1. The van der Waals surface area contributed by atoms with E-state index in [2.05, 4.69) is 31.1 Å². The second kappa shape index (κ2) is 8.13. The Labute approximate surface area is 174 Å². The van der Waals surface area contributed by atoms with Crippen molar-refractivity contribution in [3.63, 3.8) is 0 Å². The van der Waals surface area contributed by atoms with Gasteiger partial charge in [0.05, 0.1) is 5.56 Å². The summed E-state index contributed by atoms with van der Waals surface area (Å²) < 4.78 is 40.4. The molecule has 4 nitrogen and oxygen atoms in total. The first-order chi connectivity index (χ1) is 13.9. The van der Waals surface area contributed by atoms with Gasteiger partial charge in [0.2, 0.25) is 5.91 Å². The zero-order valence-electron chi connectivity index (χ0n) is 17.5. The minimum absolute atomic E-state index is 0.119. The number of amides is 1. The number of hydrogen-bond donors (Lipinski definition) is 1. The fourth-order valence-electron chi connectivity index (χ4n) is 3.75. The third-order valence-electron chi connectivity index (χ3n) is 4.77. The van der Waals surface area contributed by atoms with E-state index in [4.69, 9.17) is 0 Å². The Bertz CT molecular complexity index is 1030. The molecule has 0 aliphatic carbocycles. The molecule has 0 aliphatic rings. The number of carbonyl (C=O) groups is 1. The number of hydrogen-bond acceptors (Lipinski definition) is 2. The molecule has 1 amide bonds. The standard InChI is InChI=1S/C23H26F3N3O/c1-15(14-22(2,3)4)13-19(30)28-21-20(27-18-7-5-6-12-29(18)21)16-8-10-17(11-9-16)23(24,25)26/h5-12,15H,13-14H2,1-4H3,(H,28,30). The van der Waals surface area contributed by atoms with Gasteiger partial charge in [-0.15, -0.1) is 0 Å². The van der Waals surface area contributed by atoms with Crippen molar-refractivity contribution in [2.75, 3.05) is 5.32 Å². The van der Waals surface area contributed by atoms with E-state index in [-0.39, 0.29) is 17.2 Å². The quantitative estimate of drug-likeness (QED) is 0.521. The molecular formula is C23H26F3N3O. The van der Waals surface area contributed by atoms with Crippen LogP contribution in [0.5, 0.6) is 0 Å². The first-order valence-corrected chi connectivity index (χ1v) is 9.88. The van der Waals surface area contributed by atoms with Gasteiger partial charge in [0.15, 0.2) is 0 Å². The number of imidazole rings is 1. The van der Waals surface area contributed by atoms with Crippen LogP contribution >= 0.6 is 0 Å². The van der Waals surface area contributed by atoms with Crippen molar-refractivity contribution in [3.05, 3.63) is 54.2 Å². The van der Waals surface area contributed by atoms with E-state index in [1.807, 2.05) is 19.1 Å². The van der Waals surface area contributed by atoms with Crippen LogP contribution in [0.1, 0.15) is 46.1 Å². The second-order valence-corrected chi connectivity index (χ2v) is 8.94. The minimum atomic E-state index is -4.41. The van der Waals surface area contributed by atoms with Crippen molar-refractivity contribution in [2.45, 2.75) is 46.7 Å². The van der Waals surface area contributed by atoms with E-state index in [9.17, 15) is 18.0 Å². The summed E-state index contributed by atoms with van der Waals surface area (Å²) in [4.78, 5) is 17.3. The predicted octanol–water partition coefficient (Wildman–Crippen LogP) is 6.42. The highest BCUT2D eigenvalue weighted by atomic mass is 19.4. The van der Waals surface area contributed by atoms with Crippen LogP contribution in [0.2, 0.25) is 0 Å². The lowest BCUT2D eigenvalue weighted by molar-refractivity contribution is -0.137. The molecule has 30 heavy (non-hydrogen) atoms. The number of alkyl halides is 3. The van der Waals surface area contributed by atoms with Crippen LogP contribution in [0.15, 0.2) is 48.7 Å². The van der Waals surface area contributed by atoms with Crippen LogP contribution in [0.4, 0.5) is 19.0 Å². The topological polar surface area (TPSA) is 46.4 Å². The van der Waals surface area contributed by atoms with Crippen LogP contribution in [0.25, 0.3) is 16.9 Å². The molecule has 2 aromatic heterocycles. The number of pyridine rings is 1. The molecule has 0 spiro atoms. The Balaban J connectivity index is 1.91. The Morgan fingerprint density at radius 1 is 1.10 bits per heavy atom. The van der Waals surface area contributed by atoms with E-state index in [0.717, 1.165) is 18.6 Å². The van der Waals surface area contributed by atoms with Crippen molar-refractivity contribution < 1.29 is 18.0 Å². The van der Waals surface area contributed by atoms with Crippen molar-refractivity contribution >= 4 is 17.4 Å². The third-order valence-corrected chi connectivity index (χ3v) is 4.77. The Morgan fingerprint density at radius 2 is 1.77 bits per heavy atom. The van der Waals surface area contributed by atoms with Crippen LogP contribution < -0.4 is 5.32 Å². The fraction of sp³-hybridized carbons (Fsp3) is 0.391. The van der Waals surface area contributed by atoms with E-state index in [0.29, 0.717) is 29.1 Å². The number of halogens is 3. The van der Waals surface area contributed by atoms with Gasteiger partial charge in [-0.25, -0.2) is 4.98 Å². The van der Waals surface area contributed by atoms with E-state index in [1.165, 1.54) is 12.1 Å². The number of benzene rings is 1. The summed E-state index contributed by atoms with van der Waals surface area (Å²) in [5, 5.41) is 2.93. The largest absolute Gasteiger partial charge is 0.416 e. The average molecular weight is 417 g/mol. The lowest BCUT2D eigenvalue weighted by Crippen LogP contribution is -2.19. The Hall–Kier alpha value is -2.83. The van der Waals surface area contributed by atoms with Gasteiger partial charge in [0.1, 0.15) is 17.2 Å². The van der Waals surface area contributed by atoms with Crippen molar-refractivity contribution in [2.24, 2.45) is 11.3 Å². The lowest BCUT2D eigenvalue weighted by Gasteiger charge is -2.22. The molecule has 1 atom stereocenters. The smallest absolute Gasteiger partial charge is 0.310 e. The van der Waals surface area contributed by atoms with Gasteiger partial charge >= 0.3 is 6.18 Å². The van der Waals surface area contributed by atoms with Crippen molar-refractivity contribution in [1.29, 1.82) is 0 Å². The summed E-state index contributed by atoms with van der Waals surface area (Å²) >= 11 is 0. The highest BCUT2D eigenvalue weighted by Gasteiger charge is 2.30. The van der Waals surface area contributed by atoms with Crippen molar-refractivity contribution in [1.82, 2.24) is 9.38 Å². The number of rotatable bonds is 5. The number of aromatic nitrogens is 2. The molecule has 1 N–H and O–H groups in total. The fourth-order valence-corrected chi connectivity index (χ4v) is 3.75. The molecule has 0 saturated heterocycles. The van der Waals surface area contributed by atoms with Gasteiger partial charge in [-0.3, -0.25) is 9.20 Å². The lowest BCUT2D eigenvalue weighted by atomic mass is 9.84. The van der Waals surface area contributed by atoms with E-state index < -0.39 is 11.7 Å². The van der Waals surface area contributed by atoms with Crippen molar-refractivity contribution in [3.8, 4) is 11.3 Å². The van der Waals surface area contributed by atoms with Crippen LogP contribution in [0.3, 0.4) is 0 Å². The Kier molecular flexibility index (Phi) is 5.92. The van der Waals surface area contributed by atoms with E-state index in [1.54, 1.807) is 16.7 Å². The summed E-state index contributed by atoms with van der Waals surface area (Å²) in [6.07, 6.45) is -1.38. The maximum Gasteiger partial charge on any atom is 0.416 e. The minimum Gasteiger partial charge on any atom is -0.310 e. The predicted molar refractivity (Wildman–Crippen MR) is 112 cm³/mol. The highest BCUT2D eigenvalue weighted by molar-refractivity contribution is 5.94. The summed E-state index contributed by atoms with van der Waals surface area (Å²) in [7, 11) is 0. The number of nitrogens with zero attached hydrogens (tertiary/aromatic N) is 2. The van der Waals surface area contributed by atoms with Crippen LogP contribution in [-0.4, -0.2) is 15.3 Å². The summed E-state index contributed by atoms with van der Waals surface area (Å²) in [6, 6.07) is 10.2. The molecule has 2 heterocycles. The first kappa shape index (κ1) is 21.9. The van der Waals surface area contributed by atoms with Gasteiger partial charge in [-0.05, 0) is 42.0 Å². The van der Waals surface area contributed by atoms with Crippen LogP contribution in [0, 0.1) is 11.3 Å². The summed E-state index contributed by atoms with van der Waals surface area (Å²) in [5.41, 5.74) is 0.938. The molecule has 0 fully saturated rings. The molecule has 1 aromatic carbocycles. The van der Waals surface area contributed by atoms with E-state index >= 15 is 0 Å². The molecular weight excluding hydrogens is 391 g/mol. The molecule has 0 bridgehead atoms. The molecule has 7 heteroatoms. The normalized spacial score (nSPS) is 13.4. The first-order valence-electron chi connectivity index (χ1n) is 9.88. The van der Waals surface area contributed by atoms with Gasteiger partial charge < -0.3 is 5.32 Å². The molecule has 1 unspecified atom stereocenters. The average Bonchev–Trinajstić information content (AvgIpc) is 2.98. The molecule has 3 aromatic rings. The zero-order valence-corrected chi connectivity index (χ0v) is 17.5. The maximum atomic E-state index is 12.9. The molecule has 3 rings (SSSR count). The van der Waals surface area contributed by atoms with Gasteiger partial charge in [0.25, 0.3) is 0 Å². The molecule has 160 valence electrons.